The number of rotatable bonds is 5. The number of anilines is 1. The van der Waals surface area contributed by atoms with E-state index in [0.717, 1.165) is 44.3 Å². The predicted molar refractivity (Wildman–Crippen MR) is 119 cm³/mol. The van der Waals surface area contributed by atoms with Gasteiger partial charge in [0.05, 0.1) is 24.4 Å². The minimum Gasteiger partial charge on any atom is -0.329 e. The Morgan fingerprint density at radius 3 is 2.31 bits per heavy atom. The third kappa shape index (κ3) is 3.76. The fourth-order valence-electron chi connectivity index (χ4n) is 4.17. The van der Waals surface area contributed by atoms with Gasteiger partial charge >= 0.3 is 0 Å². The molecule has 2 heterocycles. The van der Waals surface area contributed by atoms with Crippen LogP contribution in [0.4, 0.5) is 5.95 Å². The third-order valence-electron chi connectivity index (χ3n) is 5.64. The molecule has 0 spiro atoms. The predicted octanol–water partition coefficient (Wildman–Crippen LogP) is 4.82. The Bertz CT molecular complexity index is 1100. The molecule has 0 amide bonds. The molecule has 0 radical (unpaired) electrons. The van der Waals surface area contributed by atoms with Gasteiger partial charge in [-0.05, 0) is 42.2 Å². The Hall–Kier alpha value is -3.11. The molecule has 0 aliphatic carbocycles. The Labute approximate surface area is 172 Å². The van der Waals surface area contributed by atoms with Crippen molar-refractivity contribution in [3.8, 4) is 0 Å². The SMILES string of the molecule is Cc1ccc2nc3n(c2c1)CN(Cc1ccccc1)CN3CCc1ccccc1. The molecule has 0 bridgehead atoms. The molecule has 0 fully saturated rings. The van der Waals surface area contributed by atoms with Crippen molar-refractivity contribution in [2.45, 2.75) is 26.6 Å². The van der Waals surface area contributed by atoms with E-state index in [4.69, 9.17) is 4.98 Å². The van der Waals surface area contributed by atoms with E-state index in [-0.39, 0.29) is 0 Å². The lowest BCUT2D eigenvalue weighted by Crippen LogP contribution is -2.45. The number of fused-ring (bicyclic) bond motifs is 3. The van der Waals surface area contributed by atoms with Crippen LogP contribution in [0.25, 0.3) is 11.0 Å². The molecule has 146 valence electrons. The Kier molecular flexibility index (Phi) is 4.78. The topological polar surface area (TPSA) is 24.3 Å². The summed E-state index contributed by atoms with van der Waals surface area (Å²) in [5.74, 6) is 1.09. The zero-order chi connectivity index (χ0) is 19.6. The number of nitrogens with zero attached hydrogens (tertiary/aromatic N) is 4. The van der Waals surface area contributed by atoms with Crippen molar-refractivity contribution in [3.63, 3.8) is 0 Å². The molecular formula is C25H26N4. The maximum absolute atomic E-state index is 4.99. The minimum atomic E-state index is 0.867. The fraction of sp³-hybridized carbons (Fsp3) is 0.240. The van der Waals surface area contributed by atoms with Crippen molar-refractivity contribution in [2.24, 2.45) is 0 Å². The van der Waals surface area contributed by atoms with E-state index in [0.29, 0.717) is 0 Å². The van der Waals surface area contributed by atoms with Gasteiger partial charge < -0.3 is 4.90 Å². The van der Waals surface area contributed by atoms with Crippen LogP contribution < -0.4 is 4.90 Å². The van der Waals surface area contributed by atoms with Gasteiger partial charge in [-0.15, -0.1) is 0 Å². The third-order valence-corrected chi connectivity index (χ3v) is 5.64. The lowest BCUT2D eigenvalue weighted by atomic mass is 10.1. The van der Waals surface area contributed by atoms with E-state index < -0.39 is 0 Å². The lowest BCUT2D eigenvalue weighted by molar-refractivity contribution is 0.191. The number of aromatic nitrogens is 2. The summed E-state index contributed by atoms with van der Waals surface area (Å²) in [4.78, 5) is 9.91. The van der Waals surface area contributed by atoms with Gasteiger partial charge in [-0.2, -0.15) is 0 Å². The first kappa shape index (κ1) is 18.0. The molecule has 1 aliphatic heterocycles. The summed E-state index contributed by atoms with van der Waals surface area (Å²) in [6.07, 6.45) is 1.02. The second-order valence-electron chi connectivity index (χ2n) is 7.93. The first-order valence-corrected chi connectivity index (χ1v) is 10.3. The van der Waals surface area contributed by atoms with Crippen LogP contribution in [0.5, 0.6) is 0 Å². The summed E-state index contributed by atoms with van der Waals surface area (Å²) in [6, 6.07) is 28.0. The first-order chi connectivity index (χ1) is 14.3. The molecule has 0 atom stereocenters. The highest BCUT2D eigenvalue weighted by atomic mass is 15.5. The van der Waals surface area contributed by atoms with Crippen LogP contribution in [0.1, 0.15) is 16.7 Å². The molecule has 4 nitrogen and oxygen atoms in total. The van der Waals surface area contributed by atoms with Crippen LogP contribution >= 0.6 is 0 Å². The van der Waals surface area contributed by atoms with E-state index in [9.17, 15) is 0 Å². The fourth-order valence-corrected chi connectivity index (χ4v) is 4.17. The molecular weight excluding hydrogens is 356 g/mol. The van der Waals surface area contributed by atoms with E-state index in [1.807, 2.05) is 0 Å². The molecule has 4 heteroatoms. The second-order valence-corrected chi connectivity index (χ2v) is 7.93. The maximum Gasteiger partial charge on any atom is 0.208 e. The van der Waals surface area contributed by atoms with E-state index in [2.05, 4.69) is 100 Å². The largest absolute Gasteiger partial charge is 0.329 e. The Morgan fingerprint density at radius 1 is 0.828 bits per heavy atom. The number of hydrogen-bond donors (Lipinski definition) is 0. The maximum atomic E-state index is 4.99. The number of hydrogen-bond acceptors (Lipinski definition) is 3. The van der Waals surface area contributed by atoms with Crippen LogP contribution in [0.3, 0.4) is 0 Å². The standard InChI is InChI=1S/C25H26N4/c1-20-12-13-23-24(16-20)29-19-27(17-22-10-6-3-7-11-22)18-28(25(29)26-23)15-14-21-8-4-2-5-9-21/h2-13,16H,14-15,17-19H2,1H3. The Morgan fingerprint density at radius 2 is 1.55 bits per heavy atom. The van der Waals surface area contributed by atoms with Gasteiger partial charge in [0.2, 0.25) is 5.95 Å². The van der Waals surface area contributed by atoms with Gasteiger partial charge in [0.1, 0.15) is 0 Å². The minimum absolute atomic E-state index is 0.867. The van der Waals surface area contributed by atoms with Crippen LogP contribution in [0.2, 0.25) is 0 Å². The molecule has 1 aromatic heterocycles. The molecule has 29 heavy (non-hydrogen) atoms. The van der Waals surface area contributed by atoms with Crippen molar-refractivity contribution in [3.05, 3.63) is 95.6 Å². The first-order valence-electron chi connectivity index (χ1n) is 10.3. The summed E-state index contributed by atoms with van der Waals surface area (Å²) in [5, 5.41) is 0. The highest BCUT2D eigenvalue weighted by molar-refractivity contribution is 5.79. The normalized spacial score (nSPS) is 14.3. The summed E-state index contributed by atoms with van der Waals surface area (Å²) >= 11 is 0. The molecule has 0 saturated heterocycles. The van der Waals surface area contributed by atoms with E-state index in [1.54, 1.807) is 0 Å². The summed E-state index contributed by atoms with van der Waals surface area (Å²) in [7, 11) is 0. The van der Waals surface area contributed by atoms with Crippen molar-refractivity contribution >= 4 is 17.0 Å². The van der Waals surface area contributed by atoms with Gasteiger partial charge in [-0.1, -0.05) is 66.7 Å². The smallest absolute Gasteiger partial charge is 0.208 e. The average Bonchev–Trinajstić information content (AvgIpc) is 3.11. The second kappa shape index (κ2) is 7.72. The number of benzene rings is 3. The lowest BCUT2D eigenvalue weighted by Gasteiger charge is -2.37. The number of imidazole rings is 1. The van der Waals surface area contributed by atoms with Gasteiger partial charge in [0.25, 0.3) is 0 Å². The van der Waals surface area contributed by atoms with Crippen LogP contribution in [0.15, 0.2) is 78.9 Å². The van der Waals surface area contributed by atoms with E-state index >= 15 is 0 Å². The molecule has 0 N–H and O–H groups in total. The highest BCUT2D eigenvalue weighted by Crippen LogP contribution is 2.28. The summed E-state index contributed by atoms with van der Waals surface area (Å²) in [5.41, 5.74) is 6.29. The zero-order valence-electron chi connectivity index (χ0n) is 16.8. The van der Waals surface area contributed by atoms with Crippen molar-refractivity contribution in [1.82, 2.24) is 14.5 Å². The quantitative estimate of drug-likeness (QED) is 0.494. The summed E-state index contributed by atoms with van der Waals surface area (Å²) in [6.45, 7) is 5.80. The molecule has 1 aliphatic rings. The zero-order valence-corrected chi connectivity index (χ0v) is 16.8. The molecule has 0 unspecified atom stereocenters. The Balaban J connectivity index is 1.46. The van der Waals surface area contributed by atoms with Crippen LogP contribution in [0, 0.1) is 6.92 Å². The summed E-state index contributed by atoms with van der Waals surface area (Å²) < 4.78 is 2.37. The van der Waals surface area contributed by atoms with Crippen molar-refractivity contribution in [2.75, 3.05) is 18.1 Å². The molecule has 4 aromatic rings. The molecule has 5 rings (SSSR count). The molecule has 3 aromatic carbocycles. The van der Waals surface area contributed by atoms with Crippen LogP contribution in [-0.2, 0) is 19.6 Å². The molecule has 0 saturated carbocycles. The van der Waals surface area contributed by atoms with Crippen LogP contribution in [-0.4, -0.2) is 27.7 Å². The van der Waals surface area contributed by atoms with Gasteiger partial charge in [-0.3, -0.25) is 9.47 Å². The van der Waals surface area contributed by atoms with Crippen molar-refractivity contribution in [1.29, 1.82) is 0 Å². The van der Waals surface area contributed by atoms with Gasteiger partial charge in [0.15, 0.2) is 0 Å². The van der Waals surface area contributed by atoms with Gasteiger partial charge in [0, 0.05) is 13.1 Å². The monoisotopic (exact) mass is 382 g/mol. The van der Waals surface area contributed by atoms with Gasteiger partial charge in [-0.25, -0.2) is 4.98 Å². The number of aryl methyl sites for hydroxylation is 1. The highest BCUT2D eigenvalue weighted by Gasteiger charge is 2.26. The van der Waals surface area contributed by atoms with Crippen molar-refractivity contribution < 1.29 is 0 Å². The average molecular weight is 383 g/mol. The van der Waals surface area contributed by atoms with E-state index in [1.165, 1.54) is 22.2 Å².